The van der Waals surface area contributed by atoms with Gasteiger partial charge in [0.25, 0.3) is 0 Å². The van der Waals surface area contributed by atoms with Crippen LogP contribution in [0.3, 0.4) is 0 Å². The molecule has 8 rings (SSSR count). The zero-order chi connectivity index (χ0) is 25.1. The average Bonchev–Trinajstić information content (AvgIpc) is 2.99. The second kappa shape index (κ2) is 8.40. The number of hydrogen-bond acceptors (Lipinski definition) is 5. The first-order chi connectivity index (χ1) is 18.8. The minimum atomic E-state index is 0.619. The fraction of sp³-hybridized carbons (Fsp3) is 0. The lowest BCUT2D eigenvalue weighted by atomic mass is 9.93. The summed E-state index contributed by atoms with van der Waals surface area (Å²) in [6.45, 7) is 0. The van der Waals surface area contributed by atoms with E-state index in [0.29, 0.717) is 11.6 Å². The highest BCUT2D eigenvalue weighted by molar-refractivity contribution is 7.99. The molecule has 0 bridgehead atoms. The molecule has 0 saturated heterocycles. The van der Waals surface area contributed by atoms with Crippen molar-refractivity contribution in [3.8, 4) is 34.3 Å². The van der Waals surface area contributed by atoms with E-state index in [-0.39, 0.29) is 0 Å². The summed E-state index contributed by atoms with van der Waals surface area (Å²) in [4.78, 5) is 16.1. The Bertz CT molecular complexity index is 2020. The monoisotopic (exact) mass is 505 g/mol. The standard InChI is InChI=1S/C33H19N3OS/c1-2-9-24-22(7-1)23-8-3-4-10-25(23)27-17-20(13-15-26(24)27)32-34-19-35-33(36-32)21-14-16-31-29(18-21)37-28-11-5-6-12-30(28)38-31/h1-19H. The Morgan fingerprint density at radius 1 is 0.474 bits per heavy atom. The molecule has 5 heteroatoms. The van der Waals surface area contributed by atoms with Gasteiger partial charge in [-0.3, -0.25) is 0 Å². The topological polar surface area (TPSA) is 47.9 Å². The molecule has 1 aliphatic heterocycles. The third-order valence-corrected chi connectivity index (χ3v) is 8.18. The quantitative estimate of drug-likeness (QED) is 0.220. The molecule has 7 aromatic rings. The van der Waals surface area contributed by atoms with Gasteiger partial charge in [0.15, 0.2) is 11.6 Å². The third-order valence-electron chi connectivity index (χ3n) is 7.07. The van der Waals surface area contributed by atoms with Gasteiger partial charge >= 0.3 is 0 Å². The molecule has 0 fully saturated rings. The van der Waals surface area contributed by atoms with E-state index in [9.17, 15) is 0 Å². The Balaban J connectivity index is 1.24. The van der Waals surface area contributed by atoms with E-state index in [4.69, 9.17) is 9.72 Å². The van der Waals surface area contributed by atoms with Crippen LogP contribution < -0.4 is 4.74 Å². The van der Waals surface area contributed by atoms with Crippen LogP contribution in [0, 0.1) is 0 Å². The van der Waals surface area contributed by atoms with Crippen LogP contribution in [0.5, 0.6) is 11.5 Å². The molecule has 4 nitrogen and oxygen atoms in total. The summed E-state index contributed by atoms with van der Waals surface area (Å²) in [5.74, 6) is 2.95. The Morgan fingerprint density at radius 2 is 1.03 bits per heavy atom. The molecular weight excluding hydrogens is 486 g/mol. The molecule has 0 saturated carbocycles. The van der Waals surface area contributed by atoms with Crippen molar-refractivity contribution in [3.05, 3.63) is 116 Å². The molecule has 38 heavy (non-hydrogen) atoms. The molecule has 0 N–H and O–H groups in total. The van der Waals surface area contributed by atoms with Crippen LogP contribution in [0.1, 0.15) is 0 Å². The lowest BCUT2D eigenvalue weighted by Gasteiger charge is -2.19. The fourth-order valence-corrected chi connectivity index (χ4v) is 6.22. The van der Waals surface area contributed by atoms with Crippen molar-refractivity contribution in [1.29, 1.82) is 0 Å². The van der Waals surface area contributed by atoms with Crippen LogP contribution in [0.2, 0.25) is 0 Å². The SMILES string of the molecule is c1ccc2c(c1)Oc1cc(-c3ncnc(-c4ccc5c6ccccc6c6ccccc6c5c4)n3)ccc1S2. The van der Waals surface area contributed by atoms with E-state index in [1.54, 1.807) is 18.1 Å². The summed E-state index contributed by atoms with van der Waals surface area (Å²) in [6, 6.07) is 37.9. The van der Waals surface area contributed by atoms with Crippen molar-refractivity contribution in [2.24, 2.45) is 0 Å². The first-order valence-electron chi connectivity index (χ1n) is 12.4. The van der Waals surface area contributed by atoms with Gasteiger partial charge in [0, 0.05) is 11.1 Å². The van der Waals surface area contributed by atoms with E-state index in [0.717, 1.165) is 32.4 Å². The summed E-state index contributed by atoms with van der Waals surface area (Å²) in [5, 5.41) is 7.40. The van der Waals surface area contributed by atoms with Crippen LogP contribution in [0.15, 0.2) is 125 Å². The van der Waals surface area contributed by atoms with Gasteiger partial charge < -0.3 is 4.74 Å². The number of para-hydroxylation sites is 1. The van der Waals surface area contributed by atoms with E-state index in [1.165, 1.54) is 32.3 Å². The maximum Gasteiger partial charge on any atom is 0.163 e. The van der Waals surface area contributed by atoms with Gasteiger partial charge in [0.1, 0.15) is 17.8 Å². The van der Waals surface area contributed by atoms with E-state index < -0.39 is 0 Å². The van der Waals surface area contributed by atoms with Gasteiger partial charge in [-0.05, 0) is 68.7 Å². The summed E-state index contributed by atoms with van der Waals surface area (Å²) < 4.78 is 6.19. The number of aromatic nitrogens is 3. The molecule has 0 amide bonds. The van der Waals surface area contributed by atoms with Gasteiger partial charge in [-0.25, -0.2) is 15.0 Å². The van der Waals surface area contributed by atoms with Crippen molar-refractivity contribution >= 4 is 44.1 Å². The highest BCUT2D eigenvalue weighted by Crippen LogP contribution is 2.47. The van der Waals surface area contributed by atoms with Crippen molar-refractivity contribution in [2.45, 2.75) is 9.79 Å². The largest absolute Gasteiger partial charge is 0.455 e. The van der Waals surface area contributed by atoms with Gasteiger partial charge in [-0.1, -0.05) is 84.6 Å². The summed E-state index contributed by atoms with van der Waals surface area (Å²) >= 11 is 1.71. The normalized spacial score (nSPS) is 12.3. The van der Waals surface area contributed by atoms with Crippen LogP contribution in [0.4, 0.5) is 0 Å². The van der Waals surface area contributed by atoms with Crippen molar-refractivity contribution < 1.29 is 4.74 Å². The van der Waals surface area contributed by atoms with E-state index in [1.807, 2.05) is 30.3 Å². The molecule has 0 radical (unpaired) electrons. The molecule has 0 spiro atoms. The first kappa shape index (κ1) is 21.4. The molecular formula is C33H19N3OS. The molecule has 0 unspecified atom stereocenters. The molecule has 0 atom stereocenters. The molecule has 1 aliphatic rings. The second-order valence-electron chi connectivity index (χ2n) is 9.30. The van der Waals surface area contributed by atoms with Gasteiger partial charge in [-0.15, -0.1) is 0 Å². The number of fused-ring (bicyclic) bond motifs is 8. The third kappa shape index (κ3) is 3.36. The number of benzene rings is 6. The second-order valence-corrected chi connectivity index (χ2v) is 10.4. The average molecular weight is 506 g/mol. The smallest absolute Gasteiger partial charge is 0.163 e. The lowest BCUT2D eigenvalue weighted by molar-refractivity contribution is 0.455. The summed E-state index contributed by atoms with van der Waals surface area (Å²) in [6.07, 6.45) is 1.59. The van der Waals surface area contributed by atoms with Crippen LogP contribution in [-0.2, 0) is 0 Å². The molecule has 178 valence electrons. The Labute approximate surface area is 223 Å². The molecule has 2 heterocycles. The highest BCUT2D eigenvalue weighted by Gasteiger charge is 2.19. The number of rotatable bonds is 2. The molecule has 6 aromatic carbocycles. The molecule has 1 aromatic heterocycles. The lowest BCUT2D eigenvalue weighted by Crippen LogP contribution is -1.98. The summed E-state index contributed by atoms with van der Waals surface area (Å²) in [7, 11) is 0. The van der Waals surface area contributed by atoms with Crippen LogP contribution >= 0.6 is 11.8 Å². The minimum Gasteiger partial charge on any atom is -0.455 e. The van der Waals surface area contributed by atoms with Crippen molar-refractivity contribution in [3.63, 3.8) is 0 Å². The minimum absolute atomic E-state index is 0.619. The van der Waals surface area contributed by atoms with Gasteiger partial charge in [0.05, 0.1) is 9.79 Å². The van der Waals surface area contributed by atoms with Crippen LogP contribution in [-0.4, -0.2) is 15.0 Å². The number of hydrogen-bond donors (Lipinski definition) is 0. The van der Waals surface area contributed by atoms with Crippen LogP contribution in [0.25, 0.3) is 55.1 Å². The van der Waals surface area contributed by atoms with E-state index >= 15 is 0 Å². The highest BCUT2D eigenvalue weighted by atomic mass is 32.2. The Morgan fingerprint density at radius 3 is 1.76 bits per heavy atom. The Hall–Kier alpha value is -4.74. The number of ether oxygens (including phenoxy) is 1. The van der Waals surface area contributed by atoms with Crippen molar-refractivity contribution in [1.82, 2.24) is 15.0 Å². The van der Waals surface area contributed by atoms with Gasteiger partial charge in [-0.2, -0.15) is 0 Å². The maximum absolute atomic E-state index is 6.19. The Kier molecular flexibility index (Phi) is 4.72. The number of nitrogens with zero attached hydrogens (tertiary/aromatic N) is 3. The zero-order valence-corrected chi connectivity index (χ0v) is 20.9. The fourth-order valence-electron chi connectivity index (χ4n) is 5.29. The van der Waals surface area contributed by atoms with E-state index in [2.05, 4.69) is 88.8 Å². The summed E-state index contributed by atoms with van der Waals surface area (Å²) in [5.41, 5.74) is 1.85. The molecule has 0 aliphatic carbocycles. The van der Waals surface area contributed by atoms with Crippen molar-refractivity contribution in [2.75, 3.05) is 0 Å². The predicted molar refractivity (Wildman–Crippen MR) is 154 cm³/mol. The predicted octanol–water partition coefficient (Wildman–Crippen LogP) is 8.92. The van der Waals surface area contributed by atoms with Gasteiger partial charge in [0.2, 0.25) is 0 Å². The first-order valence-corrected chi connectivity index (χ1v) is 13.3. The maximum atomic E-state index is 6.19. The zero-order valence-electron chi connectivity index (χ0n) is 20.1.